The monoisotopic (exact) mass is 438 g/mol. The molecule has 7 heteroatoms. The number of para-hydroxylation sites is 1. The fourth-order valence-corrected chi connectivity index (χ4v) is 5.06. The Bertz CT molecular complexity index is 1230. The third-order valence-corrected chi connectivity index (χ3v) is 6.81. The molecule has 1 N–H and O–H groups in total. The van der Waals surface area contributed by atoms with Crippen LogP contribution in [0.25, 0.3) is 0 Å². The molecule has 0 aliphatic carbocycles. The van der Waals surface area contributed by atoms with Crippen LogP contribution in [0.3, 0.4) is 0 Å². The second-order valence-electron chi connectivity index (χ2n) is 7.68. The van der Waals surface area contributed by atoms with Gasteiger partial charge in [0.1, 0.15) is 5.82 Å². The minimum Gasteiger partial charge on any atom is -0.332 e. The number of hydrogen-bond acceptors (Lipinski definition) is 3. The lowest BCUT2D eigenvalue weighted by molar-refractivity contribution is 0.0735. The topological polar surface area (TPSA) is 66.5 Å². The molecule has 1 heterocycles. The average molecular weight is 439 g/mol. The van der Waals surface area contributed by atoms with E-state index in [0.717, 1.165) is 24.0 Å². The number of likely N-dealkylation sites (tertiary alicyclic amines) is 1. The van der Waals surface area contributed by atoms with Crippen molar-refractivity contribution in [1.29, 1.82) is 0 Å². The van der Waals surface area contributed by atoms with Crippen LogP contribution in [0.4, 0.5) is 10.1 Å². The molecule has 0 spiro atoms. The van der Waals surface area contributed by atoms with Gasteiger partial charge in [-0.1, -0.05) is 48.0 Å². The number of nitrogens with zero attached hydrogens (tertiary/aromatic N) is 1. The molecule has 1 aliphatic heterocycles. The van der Waals surface area contributed by atoms with E-state index in [4.69, 9.17) is 0 Å². The van der Waals surface area contributed by atoms with E-state index in [9.17, 15) is 17.6 Å². The van der Waals surface area contributed by atoms with E-state index in [1.807, 2.05) is 25.1 Å². The second-order valence-corrected chi connectivity index (χ2v) is 9.37. The van der Waals surface area contributed by atoms with E-state index in [0.29, 0.717) is 6.54 Å². The summed E-state index contributed by atoms with van der Waals surface area (Å²) >= 11 is 0. The van der Waals surface area contributed by atoms with Crippen LogP contribution in [-0.4, -0.2) is 25.8 Å². The number of carbonyl (C=O) groups excluding carboxylic acids is 1. The molecule has 1 unspecified atom stereocenters. The van der Waals surface area contributed by atoms with Crippen LogP contribution in [0.5, 0.6) is 0 Å². The molecule has 160 valence electrons. The molecule has 4 rings (SSSR count). The quantitative estimate of drug-likeness (QED) is 0.615. The van der Waals surface area contributed by atoms with Crippen LogP contribution >= 0.6 is 0 Å². The Balaban J connectivity index is 1.60. The lowest BCUT2D eigenvalue weighted by Crippen LogP contribution is -2.30. The van der Waals surface area contributed by atoms with Gasteiger partial charge in [-0.05, 0) is 55.7 Å². The number of benzene rings is 3. The zero-order chi connectivity index (χ0) is 22.0. The van der Waals surface area contributed by atoms with Crippen LogP contribution in [0.15, 0.2) is 77.7 Å². The Hall–Kier alpha value is -3.19. The van der Waals surface area contributed by atoms with Crippen molar-refractivity contribution in [3.63, 3.8) is 0 Å². The molecule has 0 aromatic heterocycles. The van der Waals surface area contributed by atoms with Crippen molar-refractivity contribution >= 4 is 21.6 Å². The molecule has 0 bridgehead atoms. The van der Waals surface area contributed by atoms with Crippen LogP contribution in [0.2, 0.25) is 0 Å². The Morgan fingerprint density at radius 3 is 2.58 bits per heavy atom. The average Bonchev–Trinajstić information content (AvgIpc) is 3.25. The molecule has 0 saturated carbocycles. The number of carbonyl (C=O) groups is 1. The van der Waals surface area contributed by atoms with Gasteiger partial charge in [0, 0.05) is 12.1 Å². The SMILES string of the molecule is Cc1cccc(C2CCCN2C(=O)c2cccc(S(=O)(=O)Nc3ccccc3F)c2)c1. The smallest absolute Gasteiger partial charge is 0.262 e. The van der Waals surface area contributed by atoms with Crippen molar-refractivity contribution in [2.24, 2.45) is 0 Å². The van der Waals surface area contributed by atoms with Crippen molar-refractivity contribution < 1.29 is 17.6 Å². The van der Waals surface area contributed by atoms with Gasteiger partial charge in [-0.25, -0.2) is 12.8 Å². The molecule has 31 heavy (non-hydrogen) atoms. The molecule has 1 amide bonds. The number of anilines is 1. The van der Waals surface area contributed by atoms with Crippen molar-refractivity contribution in [1.82, 2.24) is 4.90 Å². The Morgan fingerprint density at radius 2 is 1.81 bits per heavy atom. The van der Waals surface area contributed by atoms with Gasteiger partial charge in [-0.15, -0.1) is 0 Å². The minimum absolute atomic E-state index is 0.0378. The van der Waals surface area contributed by atoms with E-state index in [2.05, 4.69) is 10.8 Å². The first-order valence-corrected chi connectivity index (χ1v) is 11.6. The lowest BCUT2D eigenvalue weighted by atomic mass is 10.0. The number of nitrogens with one attached hydrogen (secondary N) is 1. The summed E-state index contributed by atoms with van der Waals surface area (Å²) in [6, 6.07) is 19.5. The van der Waals surface area contributed by atoms with Crippen LogP contribution < -0.4 is 4.72 Å². The first-order chi connectivity index (χ1) is 14.8. The number of aryl methyl sites for hydroxylation is 1. The first kappa shape index (κ1) is 21.1. The summed E-state index contributed by atoms with van der Waals surface area (Å²) in [6.45, 7) is 2.63. The van der Waals surface area contributed by atoms with Crippen molar-refractivity contribution in [2.45, 2.75) is 30.7 Å². The number of hydrogen-bond donors (Lipinski definition) is 1. The summed E-state index contributed by atoms with van der Waals surface area (Å²) in [5.74, 6) is -0.886. The van der Waals surface area contributed by atoms with E-state index in [1.54, 1.807) is 17.0 Å². The molecule has 3 aromatic carbocycles. The number of halogens is 1. The molecule has 3 aromatic rings. The maximum Gasteiger partial charge on any atom is 0.262 e. The second kappa shape index (κ2) is 8.51. The molecular weight excluding hydrogens is 415 g/mol. The summed E-state index contributed by atoms with van der Waals surface area (Å²) in [5, 5.41) is 0. The zero-order valence-corrected chi connectivity index (χ0v) is 17.9. The highest BCUT2D eigenvalue weighted by molar-refractivity contribution is 7.92. The molecule has 1 atom stereocenters. The van der Waals surface area contributed by atoms with Gasteiger partial charge in [0.05, 0.1) is 16.6 Å². The van der Waals surface area contributed by atoms with Gasteiger partial charge in [0.15, 0.2) is 0 Å². The molecule has 1 saturated heterocycles. The van der Waals surface area contributed by atoms with Gasteiger partial charge in [-0.3, -0.25) is 9.52 Å². The van der Waals surface area contributed by atoms with Gasteiger partial charge in [-0.2, -0.15) is 0 Å². The zero-order valence-electron chi connectivity index (χ0n) is 17.1. The minimum atomic E-state index is -4.05. The Labute approximate surface area is 181 Å². The first-order valence-electron chi connectivity index (χ1n) is 10.1. The third-order valence-electron chi connectivity index (χ3n) is 5.45. The summed E-state index contributed by atoms with van der Waals surface area (Å²) in [4.78, 5) is 15.0. The fourth-order valence-electron chi connectivity index (χ4n) is 3.94. The van der Waals surface area contributed by atoms with E-state index in [-0.39, 0.29) is 28.1 Å². The normalized spacial score (nSPS) is 16.3. The largest absolute Gasteiger partial charge is 0.332 e. The molecular formula is C24H23FN2O3S. The van der Waals surface area contributed by atoms with Gasteiger partial charge >= 0.3 is 0 Å². The summed E-state index contributed by atoms with van der Waals surface area (Å²) in [5.41, 5.74) is 2.36. The molecule has 5 nitrogen and oxygen atoms in total. The lowest BCUT2D eigenvalue weighted by Gasteiger charge is -2.25. The summed E-state index contributed by atoms with van der Waals surface area (Å²) < 4.78 is 41.7. The van der Waals surface area contributed by atoms with E-state index >= 15 is 0 Å². The highest BCUT2D eigenvalue weighted by Gasteiger charge is 2.31. The Morgan fingerprint density at radius 1 is 1.03 bits per heavy atom. The standard InChI is InChI=1S/C24H23FN2O3S/c1-17-7-4-8-18(15-17)23-13-6-14-27(23)24(28)19-9-5-10-20(16-19)31(29,30)26-22-12-3-2-11-21(22)25/h2-5,7-12,15-16,23,26H,6,13-14H2,1H3. The molecule has 1 fully saturated rings. The predicted molar refractivity (Wildman–Crippen MR) is 118 cm³/mol. The summed E-state index contributed by atoms with van der Waals surface area (Å²) in [7, 11) is -4.05. The number of sulfonamides is 1. The predicted octanol–water partition coefficient (Wildman–Crippen LogP) is 4.91. The van der Waals surface area contributed by atoms with Gasteiger partial charge < -0.3 is 4.90 Å². The van der Waals surface area contributed by atoms with E-state index in [1.165, 1.54) is 36.4 Å². The fraction of sp³-hybridized carbons (Fsp3) is 0.208. The highest BCUT2D eigenvalue weighted by atomic mass is 32.2. The molecule has 0 radical (unpaired) electrons. The van der Waals surface area contributed by atoms with Crippen LogP contribution in [0.1, 0.15) is 40.4 Å². The third kappa shape index (κ3) is 4.46. The van der Waals surface area contributed by atoms with Crippen molar-refractivity contribution in [3.05, 3.63) is 95.3 Å². The van der Waals surface area contributed by atoms with Crippen molar-refractivity contribution in [3.8, 4) is 0 Å². The van der Waals surface area contributed by atoms with Crippen molar-refractivity contribution in [2.75, 3.05) is 11.3 Å². The maximum atomic E-state index is 13.9. The van der Waals surface area contributed by atoms with Crippen LogP contribution in [-0.2, 0) is 10.0 Å². The highest BCUT2D eigenvalue weighted by Crippen LogP contribution is 2.33. The maximum absolute atomic E-state index is 13.9. The van der Waals surface area contributed by atoms with Crippen LogP contribution in [0, 0.1) is 12.7 Å². The Kier molecular flexibility index (Phi) is 5.78. The summed E-state index contributed by atoms with van der Waals surface area (Å²) in [6.07, 6.45) is 1.75. The van der Waals surface area contributed by atoms with Gasteiger partial charge in [0.2, 0.25) is 0 Å². The number of rotatable bonds is 5. The van der Waals surface area contributed by atoms with Gasteiger partial charge in [0.25, 0.3) is 15.9 Å². The number of amides is 1. The molecule has 1 aliphatic rings. The van der Waals surface area contributed by atoms with E-state index < -0.39 is 15.8 Å².